The van der Waals surface area contributed by atoms with Crippen LogP contribution in [0.15, 0.2) is 66.7 Å². The first-order valence-corrected chi connectivity index (χ1v) is 11.7. The van der Waals surface area contributed by atoms with Gasteiger partial charge in [-0.05, 0) is 55.0 Å². The molecule has 178 valence electrons. The summed E-state index contributed by atoms with van der Waals surface area (Å²) in [4.78, 5) is 41.9. The van der Waals surface area contributed by atoms with Crippen molar-refractivity contribution in [2.75, 3.05) is 12.0 Å². The fraction of sp³-hybridized carbons (Fsp3) is 0.192. The van der Waals surface area contributed by atoms with Crippen molar-refractivity contribution in [2.45, 2.75) is 19.0 Å². The third kappa shape index (κ3) is 3.95. The molecular formula is C26H21Cl2N3O4. The van der Waals surface area contributed by atoms with Crippen LogP contribution in [0.3, 0.4) is 0 Å². The number of anilines is 1. The molecule has 0 radical (unpaired) electrons. The van der Waals surface area contributed by atoms with Crippen LogP contribution in [-0.2, 0) is 9.59 Å². The summed E-state index contributed by atoms with van der Waals surface area (Å²) in [6, 6.07) is 17.1. The highest BCUT2D eigenvalue weighted by Gasteiger charge is 2.60. The van der Waals surface area contributed by atoms with Crippen LogP contribution >= 0.6 is 23.2 Å². The molecule has 7 nitrogen and oxygen atoms in total. The van der Waals surface area contributed by atoms with Crippen LogP contribution in [0.25, 0.3) is 0 Å². The van der Waals surface area contributed by atoms with Crippen LogP contribution < -0.4 is 15.1 Å². The smallest absolute Gasteiger partial charge is 0.268 e. The molecular weight excluding hydrogens is 489 g/mol. The Balaban J connectivity index is 1.58. The number of carbonyl (C=O) groups excluding carboxylic acids is 3. The van der Waals surface area contributed by atoms with Gasteiger partial charge in [0.1, 0.15) is 11.8 Å². The standard InChI is InChI=1S/C26H21Cl2N3O4/c1-14-3-5-16(6-4-14)24(32)31-23-21(22(29-31)15-7-10-18(35-2)11-8-15)25(33)30(26(23)34)20-12-9-17(27)13-19(20)28/h3-13,21-23,29H,1-2H3/t21-,22-,23+/m0/s1. The van der Waals surface area contributed by atoms with E-state index in [9.17, 15) is 14.4 Å². The van der Waals surface area contributed by atoms with Crippen molar-refractivity contribution in [3.05, 3.63) is 93.5 Å². The Labute approximate surface area is 212 Å². The number of benzene rings is 3. The maximum atomic E-state index is 13.7. The molecule has 0 saturated carbocycles. The summed E-state index contributed by atoms with van der Waals surface area (Å²) in [5.74, 6) is -1.58. The first kappa shape index (κ1) is 23.4. The van der Waals surface area contributed by atoms with Gasteiger partial charge >= 0.3 is 0 Å². The number of hydrogen-bond donors (Lipinski definition) is 1. The topological polar surface area (TPSA) is 79.0 Å². The molecule has 35 heavy (non-hydrogen) atoms. The molecule has 2 aliphatic heterocycles. The normalized spacial score (nSPS) is 21.4. The van der Waals surface area contributed by atoms with Crippen LogP contribution in [0, 0.1) is 12.8 Å². The molecule has 3 amide bonds. The molecule has 3 atom stereocenters. The number of ether oxygens (including phenoxy) is 1. The summed E-state index contributed by atoms with van der Waals surface area (Å²) in [6.07, 6.45) is 0. The fourth-order valence-electron chi connectivity index (χ4n) is 4.60. The minimum Gasteiger partial charge on any atom is -0.497 e. The van der Waals surface area contributed by atoms with Gasteiger partial charge in [0.15, 0.2) is 0 Å². The SMILES string of the molecule is COc1ccc([C@@H]2NN(C(=O)c3ccc(C)cc3)[C@H]3C(=O)N(c4ccc(Cl)cc4Cl)C(=O)[C@@H]23)cc1. The van der Waals surface area contributed by atoms with Crippen LogP contribution in [0.4, 0.5) is 5.69 Å². The number of carbonyl (C=O) groups is 3. The van der Waals surface area contributed by atoms with E-state index in [1.165, 1.54) is 17.1 Å². The number of fused-ring (bicyclic) bond motifs is 1. The molecule has 9 heteroatoms. The Morgan fingerprint density at radius 3 is 2.26 bits per heavy atom. The van der Waals surface area contributed by atoms with Crippen molar-refractivity contribution in [3.8, 4) is 5.75 Å². The van der Waals surface area contributed by atoms with Crippen LogP contribution in [0.1, 0.15) is 27.5 Å². The zero-order chi connectivity index (χ0) is 24.9. The molecule has 1 N–H and O–H groups in total. The summed E-state index contributed by atoms with van der Waals surface area (Å²) >= 11 is 12.4. The van der Waals surface area contributed by atoms with Gasteiger partial charge in [-0.25, -0.2) is 10.3 Å². The molecule has 0 bridgehead atoms. The van der Waals surface area contributed by atoms with Crippen LogP contribution in [0.5, 0.6) is 5.75 Å². The second kappa shape index (κ2) is 9.00. The number of methoxy groups -OCH3 is 1. The minimum absolute atomic E-state index is 0.171. The Morgan fingerprint density at radius 2 is 1.63 bits per heavy atom. The predicted octanol–water partition coefficient (Wildman–Crippen LogP) is 4.57. The summed E-state index contributed by atoms with van der Waals surface area (Å²) in [6.45, 7) is 1.92. The lowest BCUT2D eigenvalue weighted by molar-refractivity contribution is -0.123. The average molecular weight is 510 g/mol. The number of hydrazine groups is 1. The van der Waals surface area contributed by atoms with Crippen molar-refractivity contribution >= 4 is 46.6 Å². The van der Waals surface area contributed by atoms with Gasteiger partial charge in [0, 0.05) is 10.6 Å². The highest BCUT2D eigenvalue weighted by molar-refractivity contribution is 6.38. The lowest BCUT2D eigenvalue weighted by Gasteiger charge is -2.25. The number of nitrogens with one attached hydrogen (secondary N) is 1. The summed E-state index contributed by atoms with van der Waals surface area (Å²) in [7, 11) is 1.56. The molecule has 5 rings (SSSR count). The van der Waals surface area contributed by atoms with Crippen LogP contribution in [-0.4, -0.2) is 35.9 Å². The largest absolute Gasteiger partial charge is 0.497 e. The third-order valence-corrected chi connectivity index (χ3v) is 6.92. The van der Waals surface area contributed by atoms with Crippen molar-refractivity contribution in [1.29, 1.82) is 0 Å². The van der Waals surface area contributed by atoms with Gasteiger partial charge in [0.2, 0.25) is 5.91 Å². The first-order chi connectivity index (χ1) is 16.8. The molecule has 2 heterocycles. The molecule has 0 spiro atoms. The number of hydrogen-bond acceptors (Lipinski definition) is 5. The highest BCUT2D eigenvalue weighted by Crippen LogP contribution is 2.44. The Bertz CT molecular complexity index is 1330. The maximum Gasteiger partial charge on any atom is 0.268 e. The molecule has 3 aromatic rings. The fourth-order valence-corrected chi connectivity index (χ4v) is 5.09. The predicted molar refractivity (Wildman–Crippen MR) is 132 cm³/mol. The monoisotopic (exact) mass is 509 g/mol. The summed E-state index contributed by atoms with van der Waals surface area (Å²) < 4.78 is 5.24. The molecule has 0 unspecified atom stereocenters. The summed E-state index contributed by atoms with van der Waals surface area (Å²) in [5.41, 5.74) is 5.51. The van der Waals surface area contributed by atoms with E-state index in [0.29, 0.717) is 16.3 Å². The third-order valence-electron chi connectivity index (χ3n) is 6.38. The van der Waals surface area contributed by atoms with E-state index in [2.05, 4.69) is 5.43 Å². The van der Waals surface area contributed by atoms with E-state index in [1.807, 2.05) is 31.2 Å². The van der Waals surface area contributed by atoms with Crippen molar-refractivity contribution in [3.63, 3.8) is 0 Å². The second-order valence-corrected chi connectivity index (χ2v) is 9.34. The quantitative estimate of drug-likeness (QED) is 0.521. The van der Waals surface area contributed by atoms with E-state index < -0.39 is 35.7 Å². The molecule has 0 aromatic heterocycles. The van der Waals surface area contributed by atoms with Crippen molar-refractivity contribution in [2.24, 2.45) is 5.92 Å². The van der Waals surface area contributed by atoms with E-state index in [4.69, 9.17) is 27.9 Å². The average Bonchev–Trinajstić information content (AvgIpc) is 3.36. The number of aryl methyl sites for hydroxylation is 1. The number of rotatable bonds is 4. The molecule has 2 aliphatic rings. The van der Waals surface area contributed by atoms with E-state index >= 15 is 0 Å². The molecule has 3 aromatic carbocycles. The van der Waals surface area contributed by atoms with Gasteiger partial charge in [0.05, 0.1) is 29.8 Å². The Hall–Kier alpha value is -3.39. The van der Waals surface area contributed by atoms with Crippen molar-refractivity contribution in [1.82, 2.24) is 10.4 Å². The molecule has 2 fully saturated rings. The number of imide groups is 1. The zero-order valence-corrected chi connectivity index (χ0v) is 20.4. The van der Waals surface area contributed by atoms with Crippen LogP contribution in [0.2, 0.25) is 10.0 Å². The maximum absolute atomic E-state index is 13.7. The van der Waals surface area contributed by atoms with Gasteiger partial charge in [-0.2, -0.15) is 0 Å². The second-order valence-electron chi connectivity index (χ2n) is 8.50. The number of nitrogens with zero attached hydrogens (tertiary/aromatic N) is 2. The van der Waals surface area contributed by atoms with Crippen molar-refractivity contribution < 1.29 is 19.1 Å². The highest BCUT2D eigenvalue weighted by atomic mass is 35.5. The van der Waals surface area contributed by atoms with E-state index in [-0.39, 0.29) is 10.7 Å². The van der Waals surface area contributed by atoms with E-state index in [0.717, 1.165) is 16.0 Å². The van der Waals surface area contributed by atoms with Gasteiger partial charge in [-0.15, -0.1) is 0 Å². The lowest BCUT2D eigenvalue weighted by Crippen LogP contribution is -2.48. The van der Waals surface area contributed by atoms with E-state index in [1.54, 1.807) is 37.4 Å². The lowest BCUT2D eigenvalue weighted by atomic mass is 9.91. The Kier molecular flexibility index (Phi) is 6.01. The van der Waals surface area contributed by atoms with Gasteiger partial charge in [-0.3, -0.25) is 19.4 Å². The minimum atomic E-state index is -1.05. The number of halogens is 2. The first-order valence-electron chi connectivity index (χ1n) is 10.9. The zero-order valence-electron chi connectivity index (χ0n) is 18.9. The Morgan fingerprint density at radius 1 is 0.943 bits per heavy atom. The molecule has 2 saturated heterocycles. The van der Waals surface area contributed by atoms with Gasteiger partial charge < -0.3 is 4.74 Å². The summed E-state index contributed by atoms with van der Waals surface area (Å²) in [5, 5.41) is 1.82. The number of amides is 3. The molecule has 0 aliphatic carbocycles. The van der Waals surface area contributed by atoms with Gasteiger partial charge in [-0.1, -0.05) is 53.0 Å². The van der Waals surface area contributed by atoms with Gasteiger partial charge in [0.25, 0.3) is 11.8 Å².